The van der Waals surface area contributed by atoms with Crippen LogP contribution in [0.2, 0.25) is 5.02 Å². The Kier molecular flexibility index (Phi) is 6.36. The molecule has 3 aliphatic rings. The summed E-state index contributed by atoms with van der Waals surface area (Å²) in [6, 6.07) is 10.4. The van der Waals surface area contributed by atoms with Crippen molar-refractivity contribution in [3.63, 3.8) is 0 Å². The Morgan fingerprint density at radius 3 is 2.47 bits per heavy atom. The molecule has 3 saturated carbocycles. The molecule has 1 heterocycles. The standard InChI is InChI=1S/C26H25ClF3N3O4S/c1-3-6-36-23-17(11-31)7-18(10-20(23)27)33-21-5-4-19(8-16(21)9-22(33)26(28,29)30)37-15-24-12-25(13-24,14-24)32-38(2,34)35/h4-5,7-10,32H,3,6,12-15H2,1-2H3. The van der Waals surface area contributed by atoms with Crippen LogP contribution in [0.4, 0.5) is 13.2 Å². The maximum atomic E-state index is 14.1. The van der Waals surface area contributed by atoms with Crippen molar-refractivity contribution in [2.45, 2.75) is 44.3 Å². The van der Waals surface area contributed by atoms with Crippen LogP contribution in [0.5, 0.6) is 11.5 Å². The molecule has 1 aromatic heterocycles. The van der Waals surface area contributed by atoms with E-state index < -0.39 is 21.9 Å². The van der Waals surface area contributed by atoms with E-state index in [2.05, 4.69) is 4.72 Å². The third-order valence-electron chi connectivity index (χ3n) is 7.01. The quantitative estimate of drug-likeness (QED) is 0.352. The number of halogens is 4. The van der Waals surface area contributed by atoms with Gasteiger partial charge in [0, 0.05) is 22.0 Å². The summed E-state index contributed by atoms with van der Waals surface area (Å²) in [4.78, 5) is 0. The normalized spacial score (nSPS) is 22.4. The van der Waals surface area contributed by atoms with Crippen molar-refractivity contribution in [2.75, 3.05) is 19.5 Å². The van der Waals surface area contributed by atoms with E-state index in [-0.39, 0.29) is 38.5 Å². The summed E-state index contributed by atoms with van der Waals surface area (Å²) in [7, 11) is -3.29. The molecule has 7 nitrogen and oxygen atoms in total. The van der Waals surface area contributed by atoms with Gasteiger partial charge in [0.05, 0.1) is 35.6 Å². The number of fused-ring (bicyclic) bond motifs is 1. The van der Waals surface area contributed by atoms with Gasteiger partial charge in [-0.3, -0.25) is 0 Å². The Labute approximate surface area is 223 Å². The van der Waals surface area contributed by atoms with E-state index >= 15 is 0 Å². The molecule has 12 heteroatoms. The number of sulfonamides is 1. The fraction of sp³-hybridized carbons (Fsp3) is 0.423. The highest BCUT2D eigenvalue weighted by Crippen LogP contribution is 2.67. The molecule has 3 fully saturated rings. The molecule has 3 aliphatic carbocycles. The Morgan fingerprint density at radius 1 is 1.16 bits per heavy atom. The molecule has 38 heavy (non-hydrogen) atoms. The van der Waals surface area contributed by atoms with E-state index in [9.17, 15) is 26.9 Å². The molecule has 2 bridgehead atoms. The molecule has 0 saturated heterocycles. The zero-order valence-corrected chi connectivity index (χ0v) is 22.2. The predicted molar refractivity (Wildman–Crippen MR) is 136 cm³/mol. The maximum Gasteiger partial charge on any atom is 0.431 e. The van der Waals surface area contributed by atoms with Gasteiger partial charge in [0.25, 0.3) is 0 Å². The molecule has 0 aliphatic heterocycles. The van der Waals surface area contributed by atoms with E-state index in [1.54, 1.807) is 12.1 Å². The van der Waals surface area contributed by atoms with Crippen molar-refractivity contribution in [1.82, 2.24) is 9.29 Å². The lowest BCUT2D eigenvalue weighted by atomic mass is 9.40. The molecule has 2 aromatic carbocycles. The fourth-order valence-corrected chi connectivity index (χ4v) is 7.07. The fourth-order valence-electron chi connectivity index (χ4n) is 5.80. The second-order valence-corrected chi connectivity index (χ2v) is 12.5. The third-order valence-corrected chi connectivity index (χ3v) is 8.09. The van der Waals surface area contributed by atoms with E-state index in [0.717, 1.165) is 16.9 Å². The number of nitrogens with zero attached hydrogens (tertiary/aromatic N) is 2. The van der Waals surface area contributed by atoms with Gasteiger partial charge in [0.1, 0.15) is 17.5 Å². The highest BCUT2D eigenvalue weighted by Gasteiger charge is 2.69. The molecule has 6 rings (SSSR count). The van der Waals surface area contributed by atoms with Gasteiger partial charge in [-0.2, -0.15) is 18.4 Å². The minimum atomic E-state index is -4.68. The van der Waals surface area contributed by atoms with Crippen LogP contribution >= 0.6 is 11.6 Å². The monoisotopic (exact) mass is 567 g/mol. The molecule has 0 spiro atoms. The zero-order chi connectivity index (χ0) is 27.5. The molecular weight excluding hydrogens is 543 g/mol. The minimum Gasteiger partial charge on any atom is -0.493 e. The zero-order valence-electron chi connectivity index (χ0n) is 20.7. The molecule has 0 unspecified atom stereocenters. The van der Waals surface area contributed by atoms with Gasteiger partial charge in [0.2, 0.25) is 10.0 Å². The van der Waals surface area contributed by atoms with E-state index in [1.165, 1.54) is 18.2 Å². The Balaban J connectivity index is 1.43. The van der Waals surface area contributed by atoms with Crippen molar-refractivity contribution in [2.24, 2.45) is 5.41 Å². The van der Waals surface area contributed by atoms with Crippen LogP contribution in [0, 0.1) is 16.7 Å². The van der Waals surface area contributed by atoms with Gasteiger partial charge in [-0.1, -0.05) is 18.5 Å². The number of hydrogen-bond donors (Lipinski definition) is 1. The van der Waals surface area contributed by atoms with E-state index in [0.29, 0.717) is 50.0 Å². The molecular formula is C26H25ClF3N3O4S. The molecule has 202 valence electrons. The van der Waals surface area contributed by atoms with Gasteiger partial charge >= 0.3 is 6.18 Å². The first-order valence-electron chi connectivity index (χ1n) is 12.0. The maximum absolute atomic E-state index is 14.1. The lowest BCUT2D eigenvalue weighted by Gasteiger charge is -2.69. The van der Waals surface area contributed by atoms with Gasteiger partial charge < -0.3 is 14.0 Å². The van der Waals surface area contributed by atoms with Crippen molar-refractivity contribution >= 4 is 32.5 Å². The lowest BCUT2D eigenvalue weighted by molar-refractivity contribution is -0.162. The van der Waals surface area contributed by atoms with E-state index in [1.807, 2.05) is 13.0 Å². The summed E-state index contributed by atoms with van der Waals surface area (Å²) in [5, 5.41) is 9.95. The molecule has 3 aromatic rings. The Bertz CT molecular complexity index is 1560. The summed E-state index contributed by atoms with van der Waals surface area (Å²) in [5.74, 6) is 0.555. The van der Waals surface area contributed by atoms with Crippen LogP contribution in [0.15, 0.2) is 36.4 Å². The summed E-state index contributed by atoms with van der Waals surface area (Å²) >= 11 is 6.33. The molecule has 0 atom stereocenters. The van der Waals surface area contributed by atoms with Crippen molar-refractivity contribution < 1.29 is 31.1 Å². The number of aromatic nitrogens is 1. The Hall–Kier alpha value is -2.94. The number of nitrogens with one attached hydrogen (secondary N) is 1. The number of nitriles is 1. The van der Waals surface area contributed by atoms with Gasteiger partial charge in [-0.25, -0.2) is 13.1 Å². The first-order valence-corrected chi connectivity index (χ1v) is 14.3. The second-order valence-electron chi connectivity index (χ2n) is 10.3. The van der Waals surface area contributed by atoms with Gasteiger partial charge in [0.15, 0.2) is 5.75 Å². The lowest BCUT2D eigenvalue weighted by Crippen LogP contribution is -2.76. The second kappa shape index (κ2) is 9.07. The van der Waals surface area contributed by atoms with Crippen LogP contribution in [0.25, 0.3) is 16.6 Å². The van der Waals surface area contributed by atoms with Crippen LogP contribution in [0.1, 0.15) is 43.9 Å². The van der Waals surface area contributed by atoms with Gasteiger partial charge in [-0.15, -0.1) is 0 Å². The summed E-state index contributed by atoms with van der Waals surface area (Å²) in [6.45, 7) is 2.54. The smallest absolute Gasteiger partial charge is 0.431 e. The highest BCUT2D eigenvalue weighted by atomic mass is 35.5. The largest absolute Gasteiger partial charge is 0.493 e. The highest BCUT2D eigenvalue weighted by molar-refractivity contribution is 7.88. The number of hydrogen-bond acceptors (Lipinski definition) is 5. The number of alkyl halides is 3. The van der Waals surface area contributed by atoms with E-state index in [4.69, 9.17) is 21.1 Å². The summed E-state index contributed by atoms with van der Waals surface area (Å²) < 4.78 is 80.5. The average Bonchev–Trinajstić information content (AvgIpc) is 3.17. The van der Waals surface area contributed by atoms with Crippen molar-refractivity contribution in [3.05, 3.63) is 52.7 Å². The van der Waals surface area contributed by atoms with Crippen molar-refractivity contribution in [1.29, 1.82) is 5.26 Å². The molecule has 1 N–H and O–H groups in total. The average molecular weight is 568 g/mol. The first-order chi connectivity index (χ1) is 17.8. The minimum absolute atomic E-state index is 0.0394. The van der Waals surface area contributed by atoms with Crippen LogP contribution < -0.4 is 14.2 Å². The van der Waals surface area contributed by atoms with Crippen LogP contribution in [-0.4, -0.2) is 38.0 Å². The molecule has 0 amide bonds. The number of ether oxygens (including phenoxy) is 2. The van der Waals surface area contributed by atoms with Crippen LogP contribution in [-0.2, 0) is 16.2 Å². The molecule has 0 radical (unpaired) electrons. The first kappa shape index (κ1) is 26.7. The topological polar surface area (TPSA) is 93.3 Å². The Morgan fingerprint density at radius 2 is 1.87 bits per heavy atom. The SMILES string of the molecule is CCCOc1c(Cl)cc(-n2c(C(F)(F)F)cc3cc(OCC45CC(NS(C)(=O)=O)(C4)C5)ccc32)cc1C#N. The van der Waals surface area contributed by atoms with Crippen LogP contribution in [0.3, 0.4) is 0 Å². The third kappa shape index (κ3) is 4.81. The summed E-state index contributed by atoms with van der Waals surface area (Å²) in [5.41, 5.74) is -1.03. The van der Waals surface area contributed by atoms with Crippen molar-refractivity contribution in [3.8, 4) is 23.3 Å². The van der Waals surface area contributed by atoms with Gasteiger partial charge in [-0.05, 0) is 62.1 Å². The predicted octanol–water partition coefficient (Wildman–Crippen LogP) is 5.81. The summed E-state index contributed by atoms with van der Waals surface area (Å²) in [6.07, 6.45) is -0.856. The number of benzene rings is 2. The number of rotatable bonds is 9.